The molecule has 3 rings (SSSR count). The SMILES string of the molecule is NC(=O)NC(Cc1ccccc1)C(=O)Nc1ccc2c(c1)OCO2. The number of benzene rings is 2. The lowest BCUT2D eigenvalue weighted by Gasteiger charge is -2.17. The highest BCUT2D eigenvalue weighted by molar-refractivity contribution is 5.97. The van der Waals surface area contributed by atoms with Gasteiger partial charge in [-0.15, -0.1) is 0 Å². The van der Waals surface area contributed by atoms with Crippen LogP contribution in [0, 0.1) is 0 Å². The number of nitrogens with two attached hydrogens (primary N) is 1. The van der Waals surface area contributed by atoms with Crippen molar-refractivity contribution in [2.24, 2.45) is 5.73 Å². The average Bonchev–Trinajstić information content (AvgIpc) is 3.02. The fourth-order valence-corrected chi connectivity index (χ4v) is 2.43. The zero-order chi connectivity index (χ0) is 16.9. The van der Waals surface area contributed by atoms with Gasteiger partial charge in [-0.3, -0.25) is 4.79 Å². The zero-order valence-corrected chi connectivity index (χ0v) is 12.8. The van der Waals surface area contributed by atoms with Crippen molar-refractivity contribution in [1.82, 2.24) is 5.32 Å². The summed E-state index contributed by atoms with van der Waals surface area (Å²) in [7, 11) is 0. The second-order valence-electron chi connectivity index (χ2n) is 5.31. The molecule has 1 atom stereocenters. The Kier molecular flexibility index (Phi) is 4.51. The van der Waals surface area contributed by atoms with Crippen molar-refractivity contribution >= 4 is 17.6 Å². The van der Waals surface area contributed by atoms with Gasteiger partial charge in [-0.2, -0.15) is 0 Å². The summed E-state index contributed by atoms with van der Waals surface area (Å²) in [5.41, 5.74) is 6.65. The molecule has 4 N–H and O–H groups in total. The van der Waals surface area contributed by atoms with Gasteiger partial charge in [0, 0.05) is 18.2 Å². The predicted molar refractivity (Wildman–Crippen MR) is 87.8 cm³/mol. The fourth-order valence-electron chi connectivity index (χ4n) is 2.43. The Morgan fingerprint density at radius 1 is 1.08 bits per heavy atom. The molecule has 2 aromatic rings. The topological polar surface area (TPSA) is 103 Å². The van der Waals surface area contributed by atoms with Crippen LogP contribution in [0.5, 0.6) is 11.5 Å². The molecule has 24 heavy (non-hydrogen) atoms. The lowest BCUT2D eigenvalue weighted by atomic mass is 10.1. The maximum atomic E-state index is 12.5. The first-order valence-corrected chi connectivity index (χ1v) is 7.42. The molecular weight excluding hydrogens is 310 g/mol. The minimum absolute atomic E-state index is 0.159. The Morgan fingerprint density at radius 2 is 1.83 bits per heavy atom. The smallest absolute Gasteiger partial charge is 0.312 e. The molecule has 0 aliphatic carbocycles. The Hall–Kier alpha value is -3.22. The van der Waals surface area contributed by atoms with E-state index in [1.807, 2.05) is 30.3 Å². The van der Waals surface area contributed by atoms with E-state index in [1.165, 1.54) is 0 Å². The highest BCUT2D eigenvalue weighted by atomic mass is 16.7. The highest BCUT2D eigenvalue weighted by Crippen LogP contribution is 2.34. The van der Waals surface area contributed by atoms with Crippen LogP contribution in [-0.4, -0.2) is 24.8 Å². The number of amides is 3. The summed E-state index contributed by atoms with van der Waals surface area (Å²) in [5, 5.41) is 5.22. The third-order valence-corrected chi connectivity index (χ3v) is 3.56. The Labute approximate surface area is 138 Å². The van der Waals surface area contributed by atoms with Crippen LogP contribution >= 0.6 is 0 Å². The standard InChI is InChI=1S/C17H17N3O4/c18-17(22)20-13(8-11-4-2-1-3-5-11)16(21)19-12-6-7-14-15(9-12)24-10-23-14/h1-7,9,13H,8,10H2,(H,19,21)(H3,18,20,22). The summed E-state index contributed by atoms with van der Waals surface area (Å²) in [6.07, 6.45) is 0.333. The molecule has 0 bridgehead atoms. The number of carbonyl (C=O) groups is 2. The van der Waals surface area contributed by atoms with Gasteiger partial charge >= 0.3 is 6.03 Å². The molecule has 0 saturated heterocycles. The van der Waals surface area contributed by atoms with Gasteiger partial charge in [-0.25, -0.2) is 4.79 Å². The highest BCUT2D eigenvalue weighted by Gasteiger charge is 2.21. The van der Waals surface area contributed by atoms with Crippen molar-refractivity contribution in [2.45, 2.75) is 12.5 Å². The number of rotatable bonds is 5. The van der Waals surface area contributed by atoms with E-state index in [2.05, 4.69) is 10.6 Å². The molecule has 7 nitrogen and oxygen atoms in total. The Morgan fingerprint density at radius 3 is 2.58 bits per heavy atom. The molecule has 0 radical (unpaired) electrons. The monoisotopic (exact) mass is 327 g/mol. The maximum absolute atomic E-state index is 12.5. The number of carbonyl (C=O) groups excluding carboxylic acids is 2. The van der Waals surface area contributed by atoms with E-state index in [0.717, 1.165) is 5.56 Å². The van der Waals surface area contributed by atoms with E-state index in [-0.39, 0.29) is 12.7 Å². The molecule has 1 heterocycles. The van der Waals surface area contributed by atoms with Crippen LogP contribution in [0.15, 0.2) is 48.5 Å². The number of fused-ring (bicyclic) bond motifs is 1. The van der Waals surface area contributed by atoms with Gasteiger partial charge in [0.05, 0.1) is 0 Å². The van der Waals surface area contributed by atoms with Crippen molar-refractivity contribution in [3.8, 4) is 11.5 Å². The van der Waals surface area contributed by atoms with Crippen LogP contribution in [0.25, 0.3) is 0 Å². The Balaban J connectivity index is 1.72. The minimum atomic E-state index is -0.782. The predicted octanol–water partition coefficient (Wildman–Crippen LogP) is 1.63. The summed E-state index contributed by atoms with van der Waals surface area (Å²) in [6, 6.07) is 12.9. The second-order valence-corrected chi connectivity index (χ2v) is 5.31. The zero-order valence-electron chi connectivity index (χ0n) is 12.8. The largest absolute Gasteiger partial charge is 0.454 e. The number of urea groups is 1. The number of nitrogens with one attached hydrogen (secondary N) is 2. The number of hydrogen-bond acceptors (Lipinski definition) is 4. The van der Waals surface area contributed by atoms with Gasteiger partial charge in [0.2, 0.25) is 12.7 Å². The van der Waals surface area contributed by atoms with E-state index in [4.69, 9.17) is 15.2 Å². The van der Waals surface area contributed by atoms with Gasteiger partial charge in [0.15, 0.2) is 11.5 Å². The summed E-state index contributed by atoms with van der Waals surface area (Å²) >= 11 is 0. The lowest BCUT2D eigenvalue weighted by Crippen LogP contribution is -2.47. The van der Waals surface area contributed by atoms with Gasteiger partial charge in [0.25, 0.3) is 0 Å². The minimum Gasteiger partial charge on any atom is -0.454 e. The van der Waals surface area contributed by atoms with E-state index < -0.39 is 12.1 Å². The third kappa shape index (κ3) is 3.75. The van der Waals surface area contributed by atoms with Gasteiger partial charge in [-0.1, -0.05) is 30.3 Å². The first-order valence-electron chi connectivity index (χ1n) is 7.42. The van der Waals surface area contributed by atoms with E-state index in [1.54, 1.807) is 18.2 Å². The molecule has 0 aromatic heterocycles. The molecule has 1 aliphatic heterocycles. The van der Waals surface area contributed by atoms with Crippen molar-refractivity contribution < 1.29 is 19.1 Å². The molecule has 1 aliphatic rings. The summed E-state index contributed by atoms with van der Waals surface area (Å²) in [5.74, 6) is 0.830. The van der Waals surface area contributed by atoms with Crippen LogP contribution < -0.4 is 25.8 Å². The molecule has 1 unspecified atom stereocenters. The number of primary amides is 1. The first kappa shape index (κ1) is 15.7. The van der Waals surface area contributed by atoms with Crippen LogP contribution in [0.4, 0.5) is 10.5 Å². The molecule has 124 valence electrons. The van der Waals surface area contributed by atoms with Crippen LogP contribution in [0.2, 0.25) is 0 Å². The van der Waals surface area contributed by atoms with Crippen molar-refractivity contribution in [2.75, 3.05) is 12.1 Å². The van der Waals surface area contributed by atoms with E-state index in [9.17, 15) is 9.59 Å². The first-order chi connectivity index (χ1) is 11.6. The Bertz CT molecular complexity index is 749. The van der Waals surface area contributed by atoms with Gasteiger partial charge in [0.1, 0.15) is 6.04 Å². The molecule has 0 saturated carbocycles. The number of anilines is 1. The van der Waals surface area contributed by atoms with Crippen molar-refractivity contribution in [3.05, 3.63) is 54.1 Å². The van der Waals surface area contributed by atoms with E-state index in [0.29, 0.717) is 23.6 Å². The lowest BCUT2D eigenvalue weighted by molar-refractivity contribution is -0.117. The fraction of sp³-hybridized carbons (Fsp3) is 0.176. The maximum Gasteiger partial charge on any atom is 0.312 e. The van der Waals surface area contributed by atoms with Crippen molar-refractivity contribution in [1.29, 1.82) is 0 Å². The number of hydrogen-bond donors (Lipinski definition) is 3. The third-order valence-electron chi connectivity index (χ3n) is 3.56. The van der Waals surface area contributed by atoms with Gasteiger partial charge in [-0.05, 0) is 17.7 Å². The molecule has 0 spiro atoms. The molecule has 0 fully saturated rings. The second kappa shape index (κ2) is 6.91. The van der Waals surface area contributed by atoms with E-state index >= 15 is 0 Å². The summed E-state index contributed by atoms with van der Waals surface area (Å²) < 4.78 is 10.5. The quantitative estimate of drug-likeness (QED) is 0.776. The number of ether oxygens (including phenoxy) is 2. The average molecular weight is 327 g/mol. The van der Waals surface area contributed by atoms with Crippen LogP contribution in [0.3, 0.4) is 0 Å². The van der Waals surface area contributed by atoms with Crippen molar-refractivity contribution in [3.63, 3.8) is 0 Å². The molecule has 7 heteroatoms. The van der Waals surface area contributed by atoms with Crippen LogP contribution in [0.1, 0.15) is 5.56 Å². The van der Waals surface area contributed by atoms with Gasteiger partial charge < -0.3 is 25.8 Å². The summed E-state index contributed by atoms with van der Waals surface area (Å²) in [6.45, 7) is 0.159. The normalized spacial score (nSPS) is 13.2. The van der Waals surface area contributed by atoms with Crippen LogP contribution in [-0.2, 0) is 11.2 Å². The molecule has 3 amide bonds. The molecule has 2 aromatic carbocycles. The summed E-state index contributed by atoms with van der Waals surface area (Å²) in [4.78, 5) is 23.7. The molecular formula is C17H17N3O4.